The quantitative estimate of drug-likeness (QED) is 0.698. The van der Waals surface area contributed by atoms with Crippen molar-refractivity contribution >= 4 is 17.3 Å². The van der Waals surface area contributed by atoms with E-state index in [-0.39, 0.29) is 0 Å². The minimum Gasteiger partial charge on any atom is -0.303 e. The Hall–Kier alpha value is -0.770. The normalized spacial score (nSPS) is 20.8. The van der Waals surface area contributed by atoms with Crippen LogP contribution in [0.25, 0.3) is 0 Å². The van der Waals surface area contributed by atoms with E-state index in [4.69, 9.17) is 11.6 Å². The van der Waals surface area contributed by atoms with Crippen molar-refractivity contribution in [1.29, 1.82) is 0 Å². The monoisotopic (exact) mass is 209 g/mol. The highest BCUT2D eigenvalue weighted by Crippen LogP contribution is 2.33. The molecule has 3 nitrogen and oxygen atoms in total. The number of anilines is 1. The minimum atomic E-state index is 0.823. The van der Waals surface area contributed by atoms with E-state index in [1.54, 1.807) is 0 Å². The molecule has 1 aromatic rings. The zero-order chi connectivity index (χ0) is 9.54. The second kappa shape index (κ2) is 3.12. The summed E-state index contributed by atoms with van der Waals surface area (Å²) in [5, 5.41) is 8.81. The van der Waals surface area contributed by atoms with Crippen molar-refractivity contribution in [3.63, 3.8) is 0 Å². The molecule has 14 heavy (non-hydrogen) atoms. The van der Waals surface area contributed by atoms with Gasteiger partial charge >= 0.3 is 0 Å². The van der Waals surface area contributed by atoms with E-state index in [2.05, 4.69) is 27.5 Å². The molecule has 1 saturated heterocycles. The number of nitrogens with one attached hydrogen (secondary N) is 1. The van der Waals surface area contributed by atoms with Crippen LogP contribution in [-0.4, -0.2) is 24.8 Å². The van der Waals surface area contributed by atoms with Gasteiger partial charge in [-0.1, -0.05) is 17.7 Å². The van der Waals surface area contributed by atoms with Gasteiger partial charge in [-0.05, 0) is 17.7 Å². The van der Waals surface area contributed by atoms with Crippen LogP contribution in [0.5, 0.6) is 0 Å². The van der Waals surface area contributed by atoms with E-state index >= 15 is 0 Å². The number of fused-ring (bicyclic) bond motifs is 3. The van der Waals surface area contributed by atoms with Crippen molar-refractivity contribution < 1.29 is 0 Å². The third kappa shape index (κ3) is 1.21. The molecule has 0 saturated carbocycles. The molecule has 0 aliphatic carbocycles. The molecule has 0 unspecified atom stereocenters. The van der Waals surface area contributed by atoms with Gasteiger partial charge in [0.25, 0.3) is 0 Å². The van der Waals surface area contributed by atoms with Gasteiger partial charge in [0.2, 0.25) is 0 Å². The molecular formula is C10H12ClN3. The molecule has 0 amide bonds. The number of hydrogen-bond donors (Lipinski definition) is 1. The van der Waals surface area contributed by atoms with E-state index in [9.17, 15) is 0 Å². The summed E-state index contributed by atoms with van der Waals surface area (Å²) >= 11 is 5.99. The van der Waals surface area contributed by atoms with Gasteiger partial charge in [0, 0.05) is 24.7 Å². The molecule has 2 aliphatic heterocycles. The van der Waals surface area contributed by atoms with E-state index in [0.29, 0.717) is 0 Å². The molecule has 1 fully saturated rings. The first kappa shape index (κ1) is 8.53. The number of halogens is 1. The molecule has 4 heteroatoms. The molecule has 0 aromatic heterocycles. The molecule has 2 heterocycles. The lowest BCUT2D eigenvalue weighted by Crippen LogP contribution is -2.51. The fourth-order valence-electron chi connectivity index (χ4n) is 2.14. The predicted octanol–water partition coefficient (Wildman–Crippen LogP) is 1.44. The van der Waals surface area contributed by atoms with Crippen molar-refractivity contribution in [1.82, 2.24) is 10.3 Å². The van der Waals surface area contributed by atoms with Crippen LogP contribution in [-0.2, 0) is 6.54 Å². The van der Waals surface area contributed by atoms with Gasteiger partial charge < -0.3 is 10.3 Å². The third-order valence-electron chi connectivity index (χ3n) is 2.81. The SMILES string of the molecule is Clc1ccc2c(c1)N1CCNCN1C2. The number of nitrogens with zero attached hydrogens (tertiary/aromatic N) is 2. The lowest BCUT2D eigenvalue weighted by molar-refractivity contribution is 0.211. The molecule has 0 bridgehead atoms. The summed E-state index contributed by atoms with van der Waals surface area (Å²) in [6.45, 7) is 4.02. The number of hydrazine groups is 1. The highest BCUT2D eigenvalue weighted by molar-refractivity contribution is 6.30. The van der Waals surface area contributed by atoms with Crippen molar-refractivity contribution in [2.75, 3.05) is 24.8 Å². The van der Waals surface area contributed by atoms with Crippen molar-refractivity contribution in [2.24, 2.45) is 0 Å². The Morgan fingerprint density at radius 2 is 2.29 bits per heavy atom. The van der Waals surface area contributed by atoms with Crippen LogP contribution in [0.1, 0.15) is 5.56 Å². The zero-order valence-electron chi connectivity index (χ0n) is 7.83. The van der Waals surface area contributed by atoms with Crippen LogP contribution in [0.2, 0.25) is 5.02 Å². The van der Waals surface area contributed by atoms with Crippen LogP contribution in [0.3, 0.4) is 0 Å². The summed E-state index contributed by atoms with van der Waals surface area (Å²) in [5.41, 5.74) is 2.65. The Balaban J connectivity index is 2.02. The standard InChI is InChI=1S/C10H12ClN3/c11-9-2-1-8-6-13-7-12-3-4-14(13)10(8)5-9/h1-2,5,12H,3-4,6-7H2. The minimum absolute atomic E-state index is 0.823. The summed E-state index contributed by atoms with van der Waals surface area (Å²) in [6, 6.07) is 6.14. The van der Waals surface area contributed by atoms with Gasteiger partial charge in [-0.15, -0.1) is 0 Å². The largest absolute Gasteiger partial charge is 0.303 e. The van der Waals surface area contributed by atoms with Gasteiger partial charge in [-0.25, -0.2) is 5.01 Å². The van der Waals surface area contributed by atoms with E-state index in [0.717, 1.165) is 31.3 Å². The van der Waals surface area contributed by atoms with Gasteiger partial charge in [-0.2, -0.15) is 0 Å². The maximum absolute atomic E-state index is 5.99. The van der Waals surface area contributed by atoms with Crippen LogP contribution >= 0.6 is 11.6 Å². The molecule has 3 rings (SSSR count). The summed E-state index contributed by atoms with van der Waals surface area (Å²) in [4.78, 5) is 0. The maximum Gasteiger partial charge on any atom is 0.0676 e. The summed E-state index contributed by atoms with van der Waals surface area (Å²) < 4.78 is 0. The Morgan fingerprint density at radius 1 is 1.36 bits per heavy atom. The summed E-state index contributed by atoms with van der Waals surface area (Å²) in [5.74, 6) is 0. The zero-order valence-corrected chi connectivity index (χ0v) is 8.59. The van der Waals surface area contributed by atoms with Crippen LogP contribution in [0.15, 0.2) is 18.2 Å². The Labute approximate surface area is 88.2 Å². The first-order valence-electron chi connectivity index (χ1n) is 4.86. The molecule has 0 atom stereocenters. The smallest absolute Gasteiger partial charge is 0.0676 e. The topological polar surface area (TPSA) is 18.5 Å². The van der Waals surface area contributed by atoms with Crippen LogP contribution in [0.4, 0.5) is 5.69 Å². The van der Waals surface area contributed by atoms with Gasteiger partial charge in [0.15, 0.2) is 0 Å². The molecular weight excluding hydrogens is 198 g/mol. The fourth-order valence-corrected chi connectivity index (χ4v) is 2.31. The number of benzene rings is 1. The number of hydrogen-bond acceptors (Lipinski definition) is 3. The average molecular weight is 210 g/mol. The highest BCUT2D eigenvalue weighted by atomic mass is 35.5. The molecule has 0 radical (unpaired) electrons. The summed E-state index contributed by atoms with van der Waals surface area (Å²) in [7, 11) is 0. The molecule has 74 valence electrons. The van der Waals surface area contributed by atoms with E-state index in [1.165, 1.54) is 11.3 Å². The van der Waals surface area contributed by atoms with E-state index < -0.39 is 0 Å². The van der Waals surface area contributed by atoms with E-state index in [1.807, 2.05) is 6.07 Å². The van der Waals surface area contributed by atoms with Crippen LogP contribution in [0, 0.1) is 0 Å². The highest BCUT2D eigenvalue weighted by Gasteiger charge is 2.28. The lowest BCUT2D eigenvalue weighted by Gasteiger charge is -2.34. The first-order valence-corrected chi connectivity index (χ1v) is 5.24. The van der Waals surface area contributed by atoms with Crippen molar-refractivity contribution in [3.8, 4) is 0 Å². The van der Waals surface area contributed by atoms with Crippen molar-refractivity contribution in [3.05, 3.63) is 28.8 Å². The van der Waals surface area contributed by atoms with Gasteiger partial charge in [0.05, 0.1) is 12.4 Å². The predicted molar refractivity (Wildman–Crippen MR) is 57.2 cm³/mol. The van der Waals surface area contributed by atoms with Gasteiger partial charge in [-0.3, -0.25) is 0 Å². The second-order valence-corrected chi connectivity index (χ2v) is 4.16. The molecule has 2 aliphatic rings. The summed E-state index contributed by atoms with van der Waals surface area (Å²) in [6.07, 6.45) is 0. The number of rotatable bonds is 0. The molecule has 0 spiro atoms. The average Bonchev–Trinajstić information content (AvgIpc) is 2.56. The van der Waals surface area contributed by atoms with Crippen molar-refractivity contribution in [2.45, 2.75) is 6.54 Å². The van der Waals surface area contributed by atoms with Crippen LogP contribution < -0.4 is 10.3 Å². The Bertz CT molecular complexity index is 366. The third-order valence-corrected chi connectivity index (χ3v) is 3.05. The van der Waals surface area contributed by atoms with Gasteiger partial charge in [0.1, 0.15) is 0 Å². The Kier molecular flexibility index (Phi) is 1.90. The molecule has 1 aromatic carbocycles. The first-order chi connectivity index (χ1) is 6.84. The second-order valence-electron chi connectivity index (χ2n) is 3.72. The maximum atomic E-state index is 5.99. The molecule has 1 N–H and O–H groups in total. The fraction of sp³-hybridized carbons (Fsp3) is 0.400. The Morgan fingerprint density at radius 3 is 3.21 bits per heavy atom. The lowest BCUT2D eigenvalue weighted by atomic mass is 10.2.